The van der Waals surface area contributed by atoms with E-state index in [0.717, 1.165) is 18.4 Å². The van der Waals surface area contributed by atoms with Gasteiger partial charge in [-0.05, 0) is 42.3 Å². The van der Waals surface area contributed by atoms with E-state index in [0.29, 0.717) is 23.5 Å². The molecule has 0 radical (unpaired) electrons. The lowest BCUT2D eigenvalue weighted by molar-refractivity contribution is -0.193. The summed E-state index contributed by atoms with van der Waals surface area (Å²) in [5, 5.41) is 17.0. The molecule has 0 bridgehead atoms. The van der Waals surface area contributed by atoms with E-state index >= 15 is 0 Å². The lowest BCUT2D eigenvalue weighted by Crippen LogP contribution is -2.57. The van der Waals surface area contributed by atoms with Crippen molar-refractivity contribution < 1.29 is 82.5 Å². The van der Waals surface area contributed by atoms with Gasteiger partial charge in [0.1, 0.15) is 0 Å². The highest BCUT2D eigenvalue weighted by Crippen LogP contribution is 2.19. The van der Waals surface area contributed by atoms with Gasteiger partial charge >= 0.3 is 30.3 Å². The summed E-state index contributed by atoms with van der Waals surface area (Å²) in [6, 6.07) is 8.47. The van der Waals surface area contributed by atoms with Crippen LogP contribution >= 0.6 is 0 Å². The summed E-state index contributed by atoms with van der Waals surface area (Å²) in [4.78, 5) is 59.0. The molecule has 0 spiro atoms. The number of benzene rings is 2. The molecular weight excluding hydrogens is 774 g/mol. The number of ether oxygens (including phenoxy) is 1. The second-order valence-corrected chi connectivity index (χ2v) is 13.0. The number of carboxylic acid groups (broad SMARTS) is 2. The average Bonchev–Trinajstić information content (AvgIpc) is 3.01. The molecule has 0 saturated carbocycles. The number of aliphatic carboxylic acids is 2. The summed E-state index contributed by atoms with van der Waals surface area (Å²) in [6.07, 6.45) is -9.15. The Morgan fingerprint density at radius 2 is 1.48 bits per heavy atom. The molecule has 24 heteroatoms. The molecule has 0 aliphatic carbocycles. The number of methoxy groups -OCH3 is 1. The molecule has 54 heavy (non-hydrogen) atoms. The fourth-order valence-electron chi connectivity index (χ4n) is 4.50. The van der Waals surface area contributed by atoms with Gasteiger partial charge < -0.3 is 30.9 Å². The van der Waals surface area contributed by atoms with Gasteiger partial charge in [0.15, 0.2) is 11.6 Å². The molecule has 1 aliphatic rings. The van der Waals surface area contributed by atoms with Crippen LogP contribution in [0.1, 0.15) is 18.4 Å². The van der Waals surface area contributed by atoms with Crippen molar-refractivity contribution in [3.63, 3.8) is 0 Å². The largest absolute Gasteiger partial charge is 0.490 e. The molecule has 2 amide bonds. The van der Waals surface area contributed by atoms with Crippen LogP contribution in [0, 0.1) is 11.6 Å². The van der Waals surface area contributed by atoms with Gasteiger partial charge in [0.25, 0.3) is 0 Å². The summed E-state index contributed by atoms with van der Waals surface area (Å²) in [6.45, 7) is 0.784. The Kier molecular flexibility index (Phi) is 17.7. The number of halogens is 8. The van der Waals surface area contributed by atoms with Gasteiger partial charge in [0.05, 0.1) is 38.1 Å². The van der Waals surface area contributed by atoms with Gasteiger partial charge in [-0.3, -0.25) is 24.0 Å². The van der Waals surface area contributed by atoms with Gasteiger partial charge in [-0.2, -0.15) is 26.3 Å². The van der Waals surface area contributed by atoms with Crippen molar-refractivity contribution in [2.45, 2.75) is 43.7 Å². The van der Waals surface area contributed by atoms with E-state index in [2.05, 4.69) is 10.0 Å². The fraction of sp³-hybridized carbons (Fsp3) is 0.433. The Labute approximate surface area is 302 Å². The molecule has 1 fully saturated rings. The van der Waals surface area contributed by atoms with Crippen LogP contribution in [0.25, 0.3) is 0 Å². The normalized spacial score (nSPS) is 15.3. The molecule has 1 heterocycles. The topological polar surface area (TPSA) is 226 Å². The van der Waals surface area contributed by atoms with E-state index in [1.165, 1.54) is 24.1 Å². The number of hydrogen-bond donors (Lipinski definition) is 5. The molecule has 15 nitrogen and oxygen atoms in total. The van der Waals surface area contributed by atoms with Crippen LogP contribution in [0.2, 0.25) is 0 Å². The summed E-state index contributed by atoms with van der Waals surface area (Å²) < 4.78 is 120. The molecule has 6 N–H and O–H groups in total. The third-order valence-corrected chi connectivity index (χ3v) is 7.34. The zero-order valence-electron chi connectivity index (χ0n) is 28.2. The Balaban J connectivity index is 0.000000879. The molecule has 1 unspecified atom stereocenters. The highest BCUT2D eigenvalue weighted by atomic mass is 32.2. The second-order valence-electron chi connectivity index (χ2n) is 11.3. The monoisotopic (exact) mass is 809 g/mol. The zero-order valence-corrected chi connectivity index (χ0v) is 29.0. The van der Waals surface area contributed by atoms with Crippen molar-refractivity contribution in [2.75, 3.05) is 49.6 Å². The van der Waals surface area contributed by atoms with Crippen molar-refractivity contribution in [2.24, 2.45) is 5.73 Å². The number of carboxylic acids is 2. The summed E-state index contributed by atoms with van der Waals surface area (Å²) in [5.41, 5.74) is 7.28. The maximum absolute atomic E-state index is 13.5. The van der Waals surface area contributed by atoms with Crippen molar-refractivity contribution in [3.05, 3.63) is 59.7 Å². The average molecular weight is 810 g/mol. The summed E-state index contributed by atoms with van der Waals surface area (Å²) in [7, 11) is -2.24. The molecule has 3 rings (SSSR count). The van der Waals surface area contributed by atoms with Crippen LogP contribution in [0.5, 0.6) is 0 Å². The summed E-state index contributed by atoms with van der Waals surface area (Å²) in [5.74, 6) is -8.66. The summed E-state index contributed by atoms with van der Waals surface area (Å²) >= 11 is 0. The van der Waals surface area contributed by atoms with Crippen molar-refractivity contribution in [1.29, 1.82) is 0 Å². The number of anilines is 2. The van der Waals surface area contributed by atoms with Crippen LogP contribution in [-0.4, -0.2) is 122 Å². The SMILES string of the molecule is COC(=O)CC1CN(CC(=O)Nc2cccc(NS(C)(=O)=O)c2)CCN1C(=O)C[C@H](N)Cc1ccc(F)c(F)c1.O=C(O)C(F)(F)F.O=C(O)C(F)(F)F. The minimum Gasteiger partial charge on any atom is -0.475 e. The third-order valence-electron chi connectivity index (χ3n) is 6.74. The Morgan fingerprint density at radius 3 is 1.98 bits per heavy atom. The van der Waals surface area contributed by atoms with Gasteiger partial charge in [-0.25, -0.2) is 26.8 Å². The van der Waals surface area contributed by atoms with Crippen LogP contribution in [0.3, 0.4) is 0 Å². The first-order valence-electron chi connectivity index (χ1n) is 15.0. The number of sulfonamides is 1. The number of rotatable bonds is 11. The van der Waals surface area contributed by atoms with Gasteiger partial charge in [0.2, 0.25) is 21.8 Å². The van der Waals surface area contributed by atoms with Crippen LogP contribution < -0.4 is 15.8 Å². The van der Waals surface area contributed by atoms with Gasteiger partial charge in [-0.15, -0.1) is 0 Å². The van der Waals surface area contributed by atoms with Crippen molar-refractivity contribution in [3.8, 4) is 0 Å². The molecule has 1 saturated heterocycles. The predicted molar refractivity (Wildman–Crippen MR) is 172 cm³/mol. The first-order valence-corrected chi connectivity index (χ1v) is 16.9. The lowest BCUT2D eigenvalue weighted by Gasteiger charge is -2.41. The third kappa shape index (κ3) is 18.1. The van der Waals surface area contributed by atoms with E-state index in [4.69, 9.17) is 30.3 Å². The van der Waals surface area contributed by atoms with Crippen molar-refractivity contribution in [1.82, 2.24) is 9.80 Å². The molecular formula is C30H35F8N5O10S. The maximum Gasteiger partial charge on any atom is 0.490 e. The number of hydrogen-bond acceptors (Lipinski definition) is 10. The first-order chi connectivity index (χ1) is 24.7. The molecule has 302 valence electrons. The minimum atomic E-state index is -5.08. The Morgan fingerprint density at radius 1 is 0.926 bits per heavy atom. The highest BCUT2D eigenvalue weighted by molar-refractivity contribution is 7.92. The van der Waals surface area contributed by atoms with E-state index in [1.54, 1.807) is 23.1 Å². The van der Waals surface area contributed by atoms with Crippen LogP contribution in [0.4, 0.5) is 46.5 Å². The molecule has 0 aromatic heterocycles. The fourth-order valence-corrected chi connectivity index (χ4v) is 5.06. The zero-order chi connectivity index (χ0) is 41.6. The number of nitrogens with one attached hydrogen (secondary N) is 2. The minimum absolute atomic E-state index is 0.0287. The maximum atomic E-state index is 13.5. The second kappa shape index (κ2) is 20.4. The molecule has 1 aliphatic heterocycles. The number of esters is 1. The number of carbonyl (C=O) groups excluding carboxylic acids is 3. The predicted octanol–water partition coefficient (Wildman–Crippen LogP) is 2.58. The highest BCUT2D eigenvalue weighted by Gasteiger charge is 2.39. The number of nitrogens with two attached hydrogens (primary N) is 1. The number of carbonyl (C=O) groups is 5. The molecule has 2 aromatic carbocycles. The smallest absolute Gasteiger partial charge is 0.475 e. The van der Waals surface area contributed by atoms with E-state index in [1.807, 2.05) is 0 Å². The molecule has 2 aromatic rings. The lowest BCUT2D eigenvalue weighted by atomic mass is 10.0. The Bertz CT molecular complexity index is 1720. The van der Waals surface area contributed by atoms with E-state index in [-0.39, 0.29) is 50.7 Å². The van der Waals surface area contributed by atoms with Crippen LogP contribution in [-0.2, 0) is 45.2 Å². The van der Waals surface area contributed by atoms with E-state index in [9.17, 15) is 57.9 Å². The standard InChI is InChI=1S/C26H33F2N5O6S.2C2HF3O2/c1-39-26(36)14-21-15-32(16-24(34)30-19-4-3-5-20(13-19)31-40(2,37)38)8-9-33(21)25(35)12-18(29)10-17-6-7-22(27)23(28)11-17;2*3-2(4,5)1(6)7/h3-7,11,13,18,21,31H,8-10,12,14-16,29H2,1-2H3,(H,30,34);2*(H,6,7)/t18-,21?;;/m1../s1. The van der Waals surface area contributed by atoms with Gasteiger partial charge in [0, 0.05) is 37.8 Å². The molecule has 2 atom stereocenters. The van der Waals surface area contributed by atoms with E-state index < -0.39 is 64.0 Å². The van der Waals surface area contributed by atoms with Gasteiger partial charge in [-0.1, -0.05) is 12.1 Å². The first kappa shape index (κ1) is 46.9. The number of nitrogens with zero attached hydrogens (tertiary/aromatic N) is 2. The van der Waals surface area contributed by atoms with Crippen molar-refractivity contribution >= 4 is 51.1 Å². The number of alkyl halides is 6. The Hall–Kier alpha value is -5.10. The number of amides is 2. The quantitative estimate of drug-likeness (QED) is 0.163. The van der Waals surface area contributed by atoms with Crippen LogP contribution in [0.15, 0.2) is 42.5 Å². The number of piperazine rings is 1.